The SMILES string of the molecule is CC(C)(C)OC(=O)N1CCc2cc(OCP(=O)(O)O)ccc2C1. The molecule has 7 nitrogen and oxygen atoms in total. The maximum atomic E-state index is 12.1. The average Bonchev–Trinajstić information content (AvgIpc) is 2.41. The molecule has 1 aromatic carbocycles. The van der Waals surface area contributed by atoms with Crippen molar-refractivity contribution in [2.45, 2.75) is 39.3 Å². The van der Waals surface area contributed by atoms with Crippen LogP contribution in [-0.2, 0) is 22.3 Å². The second kappa shape index (κ2) is 6.51. The third-order valence-corrected chi connectivity index (χ3v) is 3.71. The molecule has 2 N–H and O–H groups in total. The van der Waals surface area contributed by atoms with Crippen LogP contribution in [-0.4, -0.2) is 39.3 Å². The second-order valence-corrected chi connectivity index (χ2v) is 8.11. The highest BCUT2D eigenvalue weighted by Crippen LogP contribution is 2.35. The topological polar surface area (TPSA) is 96.3 Å². The molecular formula is C15H22NO6P. The fourth-order valence-electron chi connectivity index (χ4n) is 2.26. The van der Waals surface area contributed by atoms with Gasteiger partial charge in [-0.15, -0.1) is 0 Å². The van der Waals surface area contributed by atoms with Crippen LogP contribution in [0.4, 0.5) is 4.79 Å². The Balaban J connectivity index is 2.02. The first-order chi connectivity index (χ1) is 10.5. The number of hydrogen-bond donors (Lipinski definition) is 2. The van der Waals surface area contributed by atoms with Gasteiger partial charge in [0.05, 0.1) is 0 Å². The summed E-state index contributed by atoms with van der Waals surface area (Å²) in [5.74, 6) is 0.415. The summed E-state index contributed by atoms with van der Waals surface area (Å²) in [7, 11) is -4.19. The van der Waals surface area contributed by atoms with Crippen molar-refractivity contribution in [2.24, 2.45) is 0 Å². The van der Waals surface area contributed by atoms with E-state index >= 15 is 0 Å². The lowest BCUT2D eigenvalue weighted by atomic mass is 10.00. The van der Waals surface area contributed by atoms with Crippen molar-refractivity contribution in [1.29, 1.82) is 0 Å². The first-order valence-electron chi connectivity index (χ1n) is 7.31. The van der Waals surface area contributed by atoms with Crippen LogP contribution in [0, 0.1) is 0 Å². The van der Waals surface area contributed by atoms with Crippen LogP contribution in [0.25, 0.3) is 0 Å². The van der Waals surface area contributed by atoms with E-state index in [1.807, 2.05) is 20.8 Å². The molecule has 0 saturated carbocycles. The summed E-state index contributed by atoms with van der Waals surface area (Å²) >= 11 is 0. The Hall–Kier alpha value is -1.56. The van der Waals surface area contributed by atoms with E-state index in [4.69, 9.17) is 19.3 Å². The smallest absolute Gasteiger partial charge is 0.410 e. The van der Waals surface area contributed by atoms with Crippen molar-refractivity contribution in [2.75, 3.05) is 12.9 Å². The fourth-order valence-corrected chi connectivity index (χ4v) is 2.58. The molecule has 0 spiro atoms. The largest absolute Gasteiger partial charge is 0.481 e. The zero-order valence-corrected chi connectivity index (χ0v) is 14.4. The van der Waals surface area contributed by atoms with E-state index in [0.717, 1.165) is 11.1 Å². The summed E-state index contributed by atoms with van der Waals surface area (Å²) in [5, 5.41) is 0. The van der Waals surface area contributed by atoms with Gasteiger partial charge < -0.3 is 24.2 Å². The van der Waals surface area contributed by atoms with Crippen LogP contribution >= 0.6 is 7.60 Å². The third-order valence-electron chi connectivity index (χ3n) is 3.24. The minimum absolute atomic E-state index is 0.343. The highest BCUT2D eigenvalue weighted by molar-refractivity contribution is 7.51. The van der Waals surface area contributed by atoms with Gasteiger partial charge >= 0.3 is 13.7 Å². The minimum atomic E-state index is -4.19. The van der Waals surface area contributed by atoms with Gasteiger partial charge in [0, 0.05) is 13.1 Å². The van der Waals surface area contributed by atoms with Crippen LogP contribution < -0.4 is 4.74 Å². The normalized spacial score (nSPS) is 15.1. The molecule has 0 bridgehead atoms. The van der Waals surface area contributed by atoms with Crippen LogP contribution in [0.1, 0.15) is 31.9 Å². The van der Waals surface area contributed by atoms with E-state index < -0.39 is 19.5 Å². The van der Waals surface area contributed by atoms with Crippen LogP contribution in [0.5, 0.6) is 5.75 Å². The maximum Gasteiger partial charge on any atom is 0.410 e. The fraction of sp³-hybridized carbons (Fsp3) is 0.533. The van der Waals surface area contributed by atoms with Gasteiger partial charge in [0.2, 0.25) is 0 Å². The van der Waals surface area contributed by atoms with E-state index in [0.29, 0.717) is 25.3 Å². The summed E-state index contributed by atoms with van der Waals surface area (Å²) < 4.78 is 21.3. The molecule has 2 rings (SSSR count). The number of amides is 1. The number of carbonyl (C=O) groups excluding carboxylic acids is 1. The summed E-state index contributed by atoms with van der Waals surface area (Å²) in [6, 6.07) is 5.21. The molecule has 128 valence electrons. The first-order valence-corrected chi connectivity index (χ1v) is 9.10. The molecule has 1 aromatic rings. The molecule has 1 amide bonds. The maximum absolute atomic E-state index is 12.1. The van der Waals surface area contributed by atoms with Crippen molar-refractivity contribution in [3.05, 3.63) is 29.3 Å². The number of nitrogens with zero attached hydrogens (tertiary/aromatic N) is 1. The van der Waals surface area contributed by atoms with Gasteiger partial charge in [-0.3, -0.25) is 4.57 Å². The Morgan fingerprint density at radius 2 is 2.00 bits per heavy atom. The Morgan fingerprint density at radius 1 is 1.30 bits per heavy atom. The first kappa shape index (κ1) is 17.8. The zero-order chi connectivity index (χ0) is 17.3. The molecule has 8 heteroatoms. The van der Waals surface area contributed by atoms with Gasteiger partial charge in [0.1, 0.15) is 11.4 Å². The number of fused-ring (bicyclic) bond motifs is 1. The predicted octanol–water partition coefficient (Wildman–Crippen LogP) is 2.49. The Morgan fingerprint density at radius 3 is 2.61 bits per heavy atom. The lowest BCUT2D eigenvalue weighted by Crippen LogP contribution is -2.39. The van der Waals surface area contributed by atoms with Gasteiger partial charge in [0.15, 0.2) is 6.35 Å². The molecule has 23 heavy (non-hydrogen) atoms. The van der Waals surface area contributed by atoms with Crippen LogP contribution in [0.15, 0.2) is 18.2 Å². The lowest BCUT2D eigenvalue weighted by molar-refractivity contribution is 0.0224. The van der Waals surface area contributed by atoms with E-state index in [1.54, 1.807) is 23.1 Å². The van der Waals surface area contributed by atoms with Crippen molar-refractivity contribution < 1.29 is 28.6 Å². The van der Waals surface area contributed by atoms with Crippen LogP contribution in [0.2, 0.25) is 0 Å². The number of benzene rings is 1. The summed E-state index contributed by atoms with van der Waals surface area (Å²) in [5.41, 5.74) is 1.45. The lowest BCUT2D eigenvalue weighted by Gasteiger charge is -2.31. The minimum Gasteiger partial charge on any atom is -0.481 e. The number of rotatable bonds is 3. The molecular weight excluding hydrogens is 321 g/mol. The Labute approximate surface area is 135 Å². The molecule has 0 radical (unpaired) electrons. The molecule has 1 aliphatic rings. The van der Waals surface area contributed by atoms with Crippen molar-refractivity contribution >= 4 is 13.7 Å². The highest BCUT2D eigenvalue weighted by atomic mass is 31.2. The standard InChI is InChI=1S/C15H22NO6P/c1-15(2,3)22-14(17)16-7-6-11-8-13(5-4-12(11)9-16)21-10-23(18,19)20/h4-5,8H,6-7,9-10H2,1-3H3,(H2,18,19,20). The number of ether oxygens (including phenoxy) is 2. The van der Waals surface area contributed by atoms with Crippen LogP contribution in [0.3, 0.4) is 0 Å². The monoisotopic (exact) mass is 343 g/mol. The van der Waals surface area contributed by atoms with Gasteiger partial charge in [0.25, 0.3) is 0 Å². The van der Waals surface area contributed by atoms with Gasteiger partial charge in [-0.2, -0.15) is 0 Å². The molecule has 1 heterocycles. The van der Waals surface area contributed by atoms with E-state index in [-0.39, 0.29) is 6.09 Å². The summed E-state index contributed by atoms with van der Waals surface area (Å²) in [6.45, 7) is 6.46. The Kier molecular flexibility index (Phi) is 5.04. The molecule has 0 atom stereocenters. The third kappa shape index (κ3) is 5.53. The van der Waals surface area contributed by atoms with Crippen molar-refractivity contribution in [3.8, 4) is 5.75 Å². The molecule has 0 aromatic heterocycles. The van der Waals surface area contributed by atoms with Gasteiger partial charge in [-0.05, 0) is 50.5 Å². The van der Waals surface area contributed by atoms with E-state index in [1.165, 1.54) is 0 Å². The van der Waals surface area contributed by atoms with E-state index in [9.17, 15) is 9.36 Å². The quantitative estimate of drug-likeness (QED) is 0.819. The molecule has 0 aliphatic carbocycles. The Bertz CT molecular complexity index is 633. The molecule has 0 unspecified atom stereocenters. The van der Waals surface area contributed by atoms with Crippen molar-refractivity contribution in [1.82, 2.24) is 4.90 Å². The van der Waals surface area contributed by atoms with Gasteiger partial charge in [-0.25, -0.2) is 4.79 Å². The molecule has 0 saturated heterocycles. The summed E-state index contributed by atoms with van der Waals surface area (Å²) in [6.07, 6.45) is -0.345. The summed E-state index contributed by atoms with van der Waals surface area (Å²) in [4.78, 5) is 31.4. The second-order valence-electron chi connectivity index (χ2n) is 6.52. The van der Waals surface area contributed by atoms with E-state index in [2.05, 4.69) is 0 Å². The number of carbonyl (C=O) groups is 1. The number of hydrogen-bond acceptors (Lipinski definition) is 4. The molecule has 1 aliphatic heterocycles. The highest BCUT2D eigenvalue weighted by Gasteiger charge is 2.26. The predicted molar refractivity (Wildman–Crippen MR) is 84.3 cm³/mol. The average molecular weight is 343 g/mol. The van der Waals surface area contributed by atoms with Gasteiger partial charge in [-0.1, -0.05) is 6.07 Å². The zero-order valence-electron chi connectivity index (χ0n) is 13.5. The molecule has 0 fully saturated rings. The van der Waals surface area contributed by atoms with Crippen molar-refractivity contribution in [3.63, 3.8) is 0 Å².